The molecule has 1 atom stereocenters. The molecule has 2 rings (SSSR count). The summed E-state index contributed by atoms with van der Waals surface area (Å²) in [6, 6.07) is 5.78. The lowest BCUT2D eigenvalue weighted by Gasteiger charge is -2.30. The predicted octanol–water partition coefficient (Wildman–Crippen LogP) is 2.32. The van der Waals surface area contributed by atoms with Crippen LogP contribution in [0.25, 0.3) is 0 Å². The van der Waals surface area contributed by atoms with Crippen molar-refractivity contribution in [3.05, 3.63) is 29.6 Å². The molecule has 1 aliphatic rings. The highest BCUT2D eigenvalue weighted by Crippen LogP contribution is 2.20. The number of halogens is 1. The molecule has 1 aliphatic heterocycles. The van der Waals surface area contributed by atoms with Crippen LogP contribution in [-0.2, 0) is 6.54 Å². The van der Waals surface area contributed by atoms with E-state index in [1.54, 1.807) is 6.07 Å². The first-order chi connectivity index (χ1) is 9.11. The van der Waals surface area contributed by atoms with Crippen LogP contribution < -0.4 is 5.73 Å². The van der Waals surface area contributed by atoms with Crippen LogP contribution in [0.3, 0.4) is 0 Å². The second-order valence-corrected chi connectivity index (χ2v) is 5.47. The van der Waals surface area contributed by atoms with Gasteiger partial charge in [-0.2, -0.15) is 0 Å². The first kappa shape index (κ1) is 14.3. The lowest BCUT2D eigenvalue weighted by molar-refractivity contribution is 0.174. The first-order valence-electron chi connectivity index (χ1n) is 7.07. The molecule has 0 radical (unpaired) electrons. The van der Waals surface area contributed by atoms with Gasteiger partial charge in [0.25, 0.3) is 0 Å². The van der Waals surface area contributed by atoms with Gasteiger partial charge in [-0.3, -0.25) is 4.90 Å². The van der Waals surface area contributed by atoms with Crippen LogP contribution in [0.2, 0.25) is 0 Å². The number of hydrogen-bond donors (Lipinski definition) is 1. The van der Waals surface area contributed by atoms with E-state index in [1.807, 2.05) is 12.1 Å². The van der Waals surface area contributed by atoms with Gasteiger partial charge in [-0.25, -0.2) is 4.39 Å². The van der Waals surface area contributed by atoms with Crippen molar-refractivity contribution in [2.45, 2.75) is 32.4 Å². The van der Waals surface area contributed by atoms with Crippen molar-refractivity contribution in [3.8, 4) is 0 Å². The summed E-state index contributed by atoms with van der Waals surface area (Å²) in [5.74, 6) is -0.255. The standard InChI is InChI=1S/C15H24FN3/c1-3-13-11-18(2)8-5-9-19(13)10-12-6-4-7-14(17)15(12)16/h4,6-7,13H,3,5,8-11,17H2,1-2H3. The topological polar surface area (TPSA) is 32.5 Å². The Morgan fingerprint density at radius 2 is 2.16 bits per heavy atom. The van der Waals surface area contributed by atoms with Gasteiger partial charge in [0.15, 0.2) is 5.82 Å². The Bertz CT molecular complexity index is 422. The van der Waals surface area contributed by atoms with Gasteiger partial charge in [0.05, 0.1) is 5.69 Å². The summed E-state index contributed by atoms with van der Waals surface area (Å²) in [6.07, 6.45) is 2.23. The third kappa shape index (κ3) is 3.45. The molecular weight excluding hydrogens is 241 g/mol. The van der Waals surface area contributed by atoms with Crippen molar-refractivity contribution < 1.29 is 4.39 Å². The Kier molecular flexibility index (Phi) is 4.77. The molecule has 0 bridgehead atoms. The van der Waals surface area contributed by atoms with Gasteiger partial charge in [0.1, 0.15) is 0 Å². The molecule has 1 heterocycles. The Labute approximate surface area is 115 Å². The molecule has 4 heteroatoms. The first-order valence-corrected chi connectivity index (χ1v) is 7.07. The lowest BCUT2D eigenvalue weighted by atomic mass is 10.1. The average Bonchev–Trinajstić information content (AvgIpc) is 2.57. The summed E-state index contributed by atoms with van der Waals surface area (Å²) in [5, 5.41) is 0. The lowest BCUT2D eigenvalue weighted by Crippen LogP contribution is -2.39. The molecule has 106 valence electrons. The zero-order valence-corrected chi connectivity index (χ0v) is 11.9. The third-order valence-electron chi connectivity index (χ3n) is 3.98. The van der Waals surface area contributed by atoms with E-state index in [2.05, 4.69) is 23.8 Å². The van der Waals surface area contributed by atoms with Crippen LogP contribution in [0.4, 0.5) is 10.1 Å². The van der Waals surface area contributed by atoms with Crippen molar-refractivity contribution >= 4 is 5.69 Å². The summed E-state index contributed by atoms with van der Waals surface area (Å²) >= 11 is 0. The van der Waals surface area contributed by atoms with Crippen LogP contribution in [0, 0.1) is 5.82 Å². The predicted molar refractivity (Wildman–Crippen MR) is 77.4 cm³/mol. The van der Waals surface area contributed by atoms with Crippen LogP contribution in [0.1, 0.15) is 25.3 Å². The highest BCUT2D eigenvalue weighted by molar-refractivity contribution is 5.42. The minimum absolute atomic E-state index is 0.248. The molecule has 1 fully saturated rings. The molecular formula is C15H24FN3. The van der Waals surface area contributed by atoms with Gasteiger partial charge in [-0.05, 0) is 32.5 Å². The largest absolute Gasteiger partial charge is 0.396 e. The number of benzene rings is 1. The zero-order chi connectivity index (χ0) is 13.8. The van der Waals surface area contributed by atoms with E-state index in [0.29, 0.717) is 18.2 Å². The van der Waals surface area contributed by atoms with Crippen LogP contribution in [0.15, 0.2) is 18.2 Å². The number of nitrogens with zero attached hydrogens (tertiary/aromatic N) is 2. The molecule has 1 unspecified atom stereocenters. The molecule has 1 aromatic rings. The quantitative estimate of drug-likeness (QED) is 0.851. The molecule has 1 aromatic carbocycles. The van der Waals surface area contributed by atoms with Gasteiger partial charge in [-0.1, -0.05) is 19.1 Å². The monoisotopic (exact) mass is 265 g/mol. The van der Waals surface area contributed by atoms with E-state index < -0.39 is 0 Å². The normalized spacial score (nSPS) is 22.4. The maximum Gasteiger partial charge on any atom is 0.150 e. The summed E-state index contributed by atoms with van der Waals surface area (Å²) in [5.41, 5.74) is 6.60. The van der Waals surface area contributed by atoms with Crippen LogP contribution in [-0.4, -0.2) is 42.5 Å². The Morgan fingerprint density at radius 3 is 2.89 bits per heavy atom. The fourth-order valence-electron chi connectivity index (χ4n) is 2.83. The number of nitrogens with two attached hydrogens (primary N) is 1. The van der Waals surface area contributed by atoms with Gasteiger partial charge in [0, 0.05) is 31.2 Å². The maximum absolute atomic E-state index is 14.0. The van der Waals surface area contributed by atoms with Crippen molar-refractivity contribution in [2.75, 3.05) is 32.4 Å². The van der Waals surface area contributed by atoms with Crippen molar-refractivity contribution in [1.29, 1.82) is 0 Å². The maximum atomic E-state index is 14.0. The number of nitrogen functional groups attached to an aromatic ring is 1. The van der Waals surface area contributed by atoms with E-state index in [4.69, 9.17) is 5.73 Å². The molecule has 0 aromatic heterocycles. The van der Waals surface area contributed by atoms with Gasteiger partial charge in [0.2, 0.25) is 0 Å². The molecule has 1 saturated heterocycles. The summed E-state index contributed by atoms with van der Waals surface area (Å²) < 4.78 is 14.0. The van der Waals surface area contributed by atoms with E-state index in [1.165, 1.54) is 0 Å². The fraction of sp³-hybridized carbons (Fsp3) is 0.600. The minimum atomic E-state index is -0.255. The molecule has 0 saturated carbocycles. The molecule has 2 N–H and O–H groups in total. The Hall–Kier alpha value is -1.13. The Balaban J connectivity index is 2.13. The highest BCUT2D eigenvalue weighted by atomic mass is 19.1. The number of hydrogen-bond acceptors (Lipinski definition) is 3. The second-order valence-electron chi connectivity index (χ2n) is 5.47. The highest BCUT2D eigenvalue weighted by Gasteiger charge is 2.22. The molecule has 0 spiro atoms. The summed E-state index contributed by atoms with van der Waals surface area (Å²) in [7, 11) is 2.16. The van der Waals surface area contributed by atoms with Gasteiger partial charge >= 0.3 is 0 Å². The minimum Gasteiger partial charge on any atom is -0.396 e. The Morgan fingerprint density at radius 1 is 1.37 bits per heavy atom. The number of likely N-dealkylation sites (N-methyl/N-ethyl adjacent to an activating group) is 1. The van der Waals surface area contributed by atoms with E-state index >= 15 is 0 Å². The van der Waals surface area contributed by atoms with E-state index in [9.17, 15) is 4.39 Å². The average molecular weight is 265 g/mol. The number of rotatable bonds is 3. The fourth-order valence-corrected chi connectivity index (χ4v) is 2.83. The number of anilines is 1. The summed E-state index contributed by atoms with van der Waals surface area (Å²) in [4.78, 5) is 4.76. The summed E-state index contributed by atoms with van der Waals surface area (Å²) in [6.45, 7) is 6.06. The second kappa shape index (κ2) is 6.35. The molecule has 19 heavy (non-hydrogen) atoms. The van der Waals surface area contributed by atoms with Gasteiger partial charge in [-0.15, -0.1) is 0 Å². The van der Waals surface area contributed by atoms with Gasteiger partial charge < -0.3 is 10.6 Å². The van der Waals surface area contributed by atoms with E-state index in [0.717, 1.165) is 32.5 Å². The van der Waals surface area contributed by atoms with Crippen LogP contribution in [0.5, 0.6) is 0 Å². The van der Waals surface area contributed by atoms with E-state index in [-0.39, 0.29) is 11.5 Å². The van der Waals surface area contributed by atoms with Crippen LogP contribution >= 0.6 is 0 Å². The van der Waals surface area contributed by atoms with Crippen molar-refractivity contribution in [2.24, 2.45) is 0 Å². The van der Waals surface area contributed by atoms with Crippen molar-refractivity contribution in [1.82, 2.24) is 9.80 Å². The zero-order valence-electron chi connectivity index (χ0n) is 11.9. The third-order valence-corrected chi connectivity index (χ3v) is 3.98. The smallest absolute Gasteiger partial charge is 0.150 e. The molecule has 3 nitrogen and oxygen atoms in total. The molecule has 0 aliphatic carbocycles. The van der Waals surface area contributed by atoms with Crippen molar-refractivity contribution in [3.63, 3.8) is 0 Å². The SMILES string of the molecule is CCC1CN(C)CCCN1Cc1cccc(N)c1F. The molecule has 0 amide bonds.